The quantitative estimate of drug-likeness (QED) is 0.450. The largest absolute Gasteiger partial charge is 0.481 e. The lowest BCUT2D eigenvalue weighted by molar-refractivity contribution is -0.137. The molecule has 0 spiro atoms. The summed E-state index contributed by atoms with van der Waals surface area (Å²) in [5, 5.41) is 9.32. The maximum absolute atomic E-state index is 13.3. The third-order valence-corrected chi connectivity index (χ3v) is 7.32. The van der Waals surface area contributed by atoms with Crippen LogP contribution in [0.25, 0.3) is 0 Å². The van der Waals surface area contributed by atoms with Gasteiger partial charge in [-0.1, -0.05) is 35.9 Å². The van der Waals surface area contributed by atoms with Crippen molar-refractivity contribution in [1.82, 2.24) is 4.31 Å². The number of allylic oxidation sites excluding steroid dienone is 1. The van der Waals surface area contributed by atoms with Crippen LogP contribution in [0.5, 0.6) is 0 Å². The van der Waals surface area contributed by atoms with E-state index in [0.717, 1.165) is 17.7 Å². The summed E-state index contributed by atoms with van der Waals surface area (Å²) in [6.45, 7) is 0.330. The summed E-state index contributed by atoms with van der Waals surface area (Å²) in [5.74, 6) is -1.39. The Labute approximate surface area is 180 Å². The highest BCUT2D eigenvalue weighted by Crippen LogP contribution is 2.42. The van der Waals surface area contributed by atoms with Gasteiger partial charge in [-0.25, -0.2) is 12.8 Å². The van der Waals surface area contributed by atoms with Crippen LogP contribution in [0.2, 0.25) is 5.02 Å². The Morgan fingerprint density at radius 1 is 1.17 bits per heavy atom. The lowest BCUT2D eigenvalue weighted by atomic mass is 9.93. The third kappa shape index (κ3) is 5.28. The van der Waals surface area contributed by atoms with E-state index in [2.05, 4.69) is 0 Å². The van der Waals surface area contributed by atoms with E-state index in [4.69, 9.17) is 16.7 Å². The molecule has 1 heterocycles. The number of carboxylic acid groups (broad SMARTS) is 1. The average molecular weight is 452 g/mol. The second-order valence-corrected chi connectivity index (χ2v) is 9.56. The first kappa shape index (κ1) is 22.5. The van der Waals surface area contributed by atoms with E-state index in [1.54, 1.807) is 12.1 Å². The van der Waals surface area contributed by atoms with Gasteiger partial charge in [0, 0.05) is 18.0 Å². The summed E-state index contributed by atoms with van der Waals surface area (Å²) in [4.78, 5) is 10.7. The van der Waals surface area contributed by atoms with E-state index in [-0.39, 0.29) is 17.2 Å². The molecule has 0 saturated carbocycles. The Balaban J connectivity index is 1.88. The number of nitrogens with zero attached hydrogens (tertiary/aromatic N) is 1. The summed E-state index contributed by atoms with van der Waals surface area (Å²) in [7, 11) is -3.82. The number of carbonyl (C=O) groups is 1. The zero-order chi connectivity index (χ0) is 21.7. The van der Waals surface area contributed by atoms with Crippen molar-refractivity contribution in [2.75, 3.05) is 6.54 Å². The monoisotopic (exact) mass is 451 g/mol. The predicted octanol–water partition coefficient (Wildman–Crippen LogP) is 5.04. The van der Waals surface area contributed by atoms with Gasteiger partial charge in [0.05, 0.1) is 10.9 Å². The molecular formula is C22H23ClFNO4S. The molecule has 2 aromatic rings. The molecule has 160 valence electrons. The molecule has 8 heteroatoms. The number of carboxylic acids is 1. The molecule has 1 fully saturated rings. The van der Waals surface area contributed by atoms with Crippen molar-refractivity contribution >= 4 is 27.6 Å². The van der Waals surface area contributed by atoms with Crippen molar-refractivity contribution in [3.8, 4) is 0 Å². The van der Waals surface area contributed by atoms with Gasteiger partial charge >= 0.3 is 5.97 Å². The second kappa shape index (κ2) is 9.73. The summed E-state index contributed by atoms with van der Waals surface area (Å²) in [6.07, 6.45) is 5.76. The molecule has 1 N–H and O–H groups in total. The summed E-state index contributed by atoms with van der Waals surface area (Å²) >= 11 is 6.01. The number of rotatable bonds is 8. The smallest absolute Gasteiger partial charge is 0.303 e. The Kier molecular flexibility index (Phi) is 7.28. The minimum Gasteiger partial charge on any atom is -0.481 e. The van der Waals surface area contributed by atoms with Crippen LogP contribution in [0.3, 0.4) is 0 Å². The van der Waals surface area contributed by atoms with Gasteiger partial charge in [0.25, 0.3) is 0 Å². The molecule has 0 unspecified atom stereocenters. The molecule has 1 aliphatic heterocycles. The third-order valence-electron chi connectivity index (χ3n) is 5.18. The van der Waals surface area contributed by atoms with Gasteiger partial charge in [0.15, 0.2) is 0 Å². The SMILES string of the molecule is O=C(O)CCCC=C[C@H]1CCN(S(=O)(=O)c2ccc(F)cc2)[C@H]1c1ccc(Cl)cc1. The maximum atomic E-state index is 13.3. The van der Waals surface area contributed by atoms with Gasteiger partial charge in [-0.15, -0.1) is 0 Å². The second-order valence-electron chi connectivity index (χ2n) is 7.23. The summed E-state index contributed by atoms with van der Waals surface area (Å²) in [5.41, 5.74) is 0.822. The van der Waals surface area contributed by atoms with Crippen LogP contribution < -0.4 is 0 Å². The van der Waals surface area contributed by atoms with Crippen molar-refractivity contribution in [3.63, 3.8) is 0 Å². The van der Waals surface area contributed by atoms with Gasteiger partial charge in [-0.2, -0.15) is 4.31 Å². The molecular weight excluding hydrogens is 429 g/mol. The first-order valence-electron chi connectivity index (χ1n) is 9.70. The highest BCUT2D eigenvalue weighted by molar-refractivity contribution is 7.89. The lowest BCUT2D eigenvalue weighted by Gasteiger charge is -2.27. The Morgan fingerprint density at radius 2 is 1.83 bits per heavy atom. The zero-order valence-electron chi connectivity index (χ0n) is 16.2. The van der Waals surface area contributed by atoms with E-state index < -0.39 is 27.9 Å². The van der Waals surface area contributed by atoms with Gasteiger partial charge in [0.2, 0.25) is 10.0 Å². The van der Waals surface area contributed by atoms with Crippen molar-refractivity contribution in [3.05, 3.63) is 77.1 Å². The number of hydrogen-bond acceptors (Lipinski definition) is 3. The first-order valence-corrected chi connectivity index (χ1v) is 11.5. The summed E-state index contributed by atoms with van der Waals surface area (Å²) in [6, 6.07) is 11.5. The van der Waals surface area contributed by atoms with E-state index >= 15 is 0 Å². The normalized spacial score (nSPS) is 20.1. The van der Waals surface area contributed by atoms with Crippen LogP contribution in [-0.2, 0) is 14.8 Å². The van der Waals surface area contributed by atoms with Crippen LogP contribution in [-0.4, -0.2) is 30.3 Å². The van der Waals surface area contributed by atoms with Gasteiger partial charge in [0.1, 0.15) is 5.82 Å². The fraction of sp³-hybridized carbons (Fsp3) is 0.318. The average Bonchev–Trinajstić information content (AvgIpc) is 3.13. The van der Waals surface area contributed by atoms with Crippen molar-refractivity contribution in [2.45, 2.75) is 36.6 Å². The molecule has 0 bridgehead atoms. The summed E-state index contributed by atoms with van der Waals surface area (Å²) < 4.78 is 41.3. The molecule has 5 nitrogen and oxygen atoms in total. The number of benzene rings is 2. The highest BCUT2D eigenvalue weighted by atomic mass is 35.5. The molecule has 3 rings (SSSR count). The first-order chi connectivity index (χ1) is 14.3. The minimum atomic E-state index is -3.82. The molecule has 1 saturated heterocycles. The Bertz CT molecular complexity index is 1010. The molecule has 0 radical (unpaired) electrons. The number of unbranched alkanes of at least 4 members (excludes halogenated alkanes) is 1. The molecule has 2 atom stereocenters. The predicted molar refractivity (Wildman–Crippen MR) is 113 cm³/mol. The van der Waals surface area contributed by atoms with E-state index in [1.807, 2.05) is 24.3 Å². The molecule has 1 aliphatic rings. The highest BCUT2D eigenvalue weighted by Gasteiger charge is 2.41. The number of halogens is 2. The van der Waals surface area contributed by atoms with Crippen molar-refractivity contribution < 1.29 is 22.7 Å². The fourth-order valence-electron chi connectivity index (χ4n) is 3.72. The van der Waals surface area contributed by atoms with Crippen LogP contribution >= 0.6 is 11.6 Å². The van der Waals surface area contributed by atoms with Crippen LogP contribution in [0.15, 0.2) is 65.6 Å². The van der Waals surface area contributed by atoms with E-state index in [1.165, 1.54) is 16.4 Å². The number of aliphatic carboxylic acids is 1. The van der Waals surface area contributed by atoms with Crippen molar-refractivity contribution in [2.24, 2.45) is 5.92 Å². The molecule has 0 amide bonds. The topological polar surface area (TPSA) is 74.7 Å². The van der Waals surface area contributed by atoms with E-state index in [9.17, 15) is 17.6 Å². The Morgan fingerprint density at radius 3 is 2.47 bits per heavy atom. The van der Waals surface area contributed by atoms with E-state index in [0.29, 0.717) is 30.8 Å². The number of hydrogen-bond donors (Lipinski definition) is 1. The van der Waals surface area contributed by atoms with Gasteiger partial charge < -0.3 is 5.11 Å². The fourth-order valence-corrected chi connectivity index (χ4v) is 5.52. The number of sulfonamides is 1. The standard InChI is InChI=1S/C22H23ClFNO4S/c23-18-8-6-17(7-9-18)22-16(4-2-1-3-5-21(26)27)14-15-25(22)30(28,29)20-12-10-19(24)11-13-20/h2,4,6-13,16,22H,1,3,5,14-15H2,(H,26,27)/t16-,22+/m0/s1. The molecule has 30 heavy (non-hydrogen) atoms. The minimum absolute atomic E-state index is 0.0500. The van der Waals surface area contributed by atoms with Crippen LogP contribution in [0.4, 0.5) is 4.39 Å². The molecule has 0 aliphatic carbocycles. The van der Waals surface area contributed by atoms with Crippen LogP contribution in [0.1, 0.15) is 37.3 Å². The molecule has 2 aromatic carbocycles. The van der Waals surface area contributed by atoms with Gasteiger partial charge in [-0.3, -0.25) is 4.79 Å². The van der Waals surface area contributed by atoms with Gasteiger partial charge in [-0.05, 0) is 67.1 Å². The van der Waals surface area contributed by atoms with Crippen LogP contribution in [0, 0.1) is 11.7 Å². The maximum Gasteiger partial charge on any atom is 0.303 e. The lowest BCUT2D eigenvalue weighted by Crippen LogP contribution is -2.32. The zero-order valence-corrected chi connectivity index (χ0v) is 17.8. The van der Waals surface area contributed by atoms with Crippen molar-refractivity contribution in [1.29, 1.82) is 0 Å². The Hall–Kier alpha value is -2.22. The molecule has 0 aromatic heterocycles.